The van der Waals surface area contributed by atoms with Crippen LogP contribution < -0.4 is 15.4 Å². The van der Waals surface area contributed by atoms with Crippen LogP contribution in [0.25, 0.3) is 6.08 Å². The Labute approximate surface area is 56.8 Å². The van der Waals surface area contributed by atoms with Gasteiger partial charge in [-0.3, -0.25) is 4.74 Å². The van der Waals surface area contributed by atoms with Crippen molar-refractivity contribution in [3.05, 3.63) is 28.4 Å². The molecule has 4 heteroatoms. The van der Waals surface area contributed by atoms with E-state index in [2.05, 4.69) is 9.97 Å². The quantitative estimate of drug-likeness (QED) is 0.313. The van der Waals surface area contributed by atoms with E-state index in [1.54, 1.807) is 6.20 Å². The van der Waals surface area contributed by atoms with Gasteiger partial charge in [0.1, 0.15) is 6.54 Å². The van der Waals surface area contributed by atoms with Crippen LogP contribution in [-0.2, 0) is 0 Å². The van der Waals surface area contributed by atoms with Crippen LogP contribution in [0.1, 0.15) is 0 Å². The molecule has 0 radical (unpaired) electrons. The van der Waals surface area contributed by atoms with Gasteiger partial charge in [0.2, 0.25) is 6.33 Å². The van der Waals surface area contributed by atoms with Gasteiger partial charge in [0, 0.05) is 6.20 Å². The summed E-state index contributed by atoms with van der Waals surface area (Å²) in [5.74, 6) is 0. The van der Waals surface area contributed by atoms with Crippen LogP contribution in [0.15, 0.2) is 12.5 Å². The summed E-state index contributed by atoms with van der Waals surface area (Å²) in [6, 6.07) is 0. The van der Waals surface area contributed by atoms with Crippen molar-refractivity contribution in [1.29, 1.82) is 0 Å². The maximum absolute atomic E-state index is 10.9. The molecule has 0 aromatic carbocycles. The smallest absolute Gasteiger partial charge is 0.332 e. The molecule has 1 aliphatic rings. The minimum atomic E-state index is 0.397. The van der Waals surface area contributed by atoms with E-state index in [1.165, 1.54) is 6.33 Å². The third-order valence-electron chi connectivity index (χ3n) is 1.43. The van der Waals surface area contributed by atoms with Crippen molar-refractivity contribution in [3.8, 4) is 0 Å². The zero-order valence-corrected chi connectivity index (χ0v) is 5.19. The van der Waals surface area contributed by atoms with Crippen molar-refractivity contribution < 1.29 is 0 Å². The molecule has 2 heterocycles. The van der Waals surface area contributed by atoms with Crippen LogP contribution in [0.3, 0.4) is 0 Å². The molecule has 1 aromatic heterocycles. The highest BCUT2D eigenvalue weighted by molar-refractivity contribution is 5.26. The average Bonchev–Trinajstić information content (AvgIpc) is 2.34. The van der Waals surface area contributed by atoms with Crippen molar-refractivity contribution >= 4 is 6.08 Å². The van der Waals surface area contributed by atoms with Gasteiger partial charge in [0.05, 0.1) is 5.22 Å². The van der Waals surface area contributed by atoms with E-state index in [1.807, 2.05) is 6.08 Å². The first-order valence-electron chi connectivity index (χ1n) is 2.96. The van der Waals surface area contributed by atoms with E-state index < -0.39 is 0 Å². The number of hydrogen-bond acceptors (Lipinski definition) is 3. The second-order valence-corrected chi connectivity index (χ2v) is 2.07. The van der Waals surface area contributed by atoms with Gasteiger partial charge in [0.25, 0.3) is 0 Å². The molecule has 0 bridgehead atoms. The van der Waals surface area contributed by atoms with Crippen molar-refractivity contribution in [2.75, 3.05) is 6.54 Å². The van der Waals surface area contributed by atoms with Crippen LogP contribution >= 0.6 is 0 Å². The van der Waals surface area contributed by atoms with Gasteiger partial charge in [-0.05, 0) is 11.1 Å². The molecule has 10 heavy (non-hydrogen) atoms. The number of nitrogens with zero attached hydrogens (tertiary/aromatic N) is 3. The van der Waals surface area contributed by atoms with E-state index in [9.17, 15) is 5.21 Å². The first-order chi connectivity index (χ1) is 4.88. The second kappa shape index (κ2) is 1.76. The summed E-state index contributed by atoms with van der Waals surface area (Å²) in [4.78, 5) is 7.59. The van der Waals surface area contributed by atoms with Crippen LogP contribution in [-0.4, -0.2) is 16.5 Å². The fourth-order valence-corrected chi connectivity index (χ4v) is 0.954. The standard InChI is InChI=1S/C6H5N3O/c10-9-2-1-5-3-7-4-8-6(5)9/h1,3-4H,2H2. The molecule has 0 fully saturated rings. The molecular weight excluding hydrogens is 130 g/mol. The molecule has 0 amide bonds. The fourth-order valence-electron chi connectivity index (χ4n) is 0.954. The van der Waals surface area contributed by atoms with Crippen molar-refractivity contribution in [2.45, 2.75) is 0 Å². The normalized spacial score (nSPS) is 14.6. The van der Waals surface area contributed by atoms with E-state index in [0.29, 0.717) is 12.0 Å². The third kappa shape index (κ3) is 0.586. The SMILES string of the molecule is [O-][N+]1=c2ncncc2=CC1. The maximum atomic E-state index is 10.9. The highest BCUT2D eigenvalue weighted by atomic mass is 16.5. The average molecular weight is 135 g/mol. The molecule has 0 unspecified atom stereocenters. The molecule has 1 aliphatic heterocycles. The van der Waals surface area contributed by atoms with E-state index in [-0.39, 0.29) is 0 Å². The third-order valence-corrected chi connectivity index (χ3v) is 1.43. The van der Waals surface area contributed by atoms with Crippen molar-refractivity contribution in [2.24, 2.45) is 0 Å². The number of aromatic nitrogens is 2. The number of hydroxylamine groups is 1. The molecule has 0 saturated carbocycles. The van der Waals surface area contributed by atoms with Gasteiger partial charge in [0.15, 0.2) is 0 Å². The summed E-state index contributed by atoms with van der Waals surface area (Å²) >= 11 is 0. The highest BCUT2D eigenvalue weighted by Crippen LogP contribution is 1.71. The molecule has 0 aliphatic carbocycles. The largest absolute Gasteiger partial charge is 0.715 e. The topological polar surface area (TPSA) is 51.9 Å². The first-order valence-corrected chi connectivity index (χ1v) is 2.96. The van der Waals surface area contributed by atoms with Gasteiger partial charge in [-0.1, -0.05) is 0 Å². The fraction of sp³-hybridized carbons (Fsp3) is 0.167. The lowest BCUT2D eigenvalue weighted by molar-refractivity contribution is 0.806. The van der Waals surface area contributed by atoms with Gasteiger partial charge < -0.3 is 5.21 Å². The lowest BCUT2D eigenvalue weighted by atomic mass is 10.5. The Hall–Kier alpha value is -1.45. The Bertz CT molecular complexity index is 371. The zero-order valence-electron chi connectivity index (χ0n) is 5.19. The highest BCUT2D eigenvalue weighted by Gasteiger charge is 2.03. The lowest BCUT2D eigenvalue weighted by Gasteiger charge is -1.97. The molecule has 2 rings (SSSR count). The van der Waals surface area contributed by atoms with E-state index in [0.717, 1.165) is 9.96 Å². The number of fused-ring (bicyclic) bond motifs is 1. The first kappa shape index (κ1) is 5.34. The van der Waals surface area contributed by atoms with Crippen LogP contribution in [0, 0.1) is 5.21 Å². The Balaban J connectivity index is 2.96. The summed E-state index contributed by atoms with van der Waals surface area (Å²) in [6.07, 6.45) is 4.82. The molecule has 4 nitrogen and oxygen atoms in total. The van der Waals surface area contributed by atoms with Crippen LogP contribution in [0.2, 0.25) is 0 Å². The summed E-state index contributed by atoms with van der Waals surface area (Å²) < 4.78 is 0.844. The monoisotopic (exact) mass is 135 g/mol. The predicted molar refractivity (Wildman–Crippen MR) is 35.2 cm³/mol. The minimum Gasteiger partial charge on any atom is -0.715 e. The number of hydrogen-bond donors (Lipinski definition) is 0. The van der Waals surface area contributed by atoms with Gasteiger partial charge in [-0.2, -0.15) is 0 Å². The summed E-state index contributed by atoms with van der Waals surface area (Å²) in [6.45, 7) is 0.397. The van der Waals surface area contributed by atoms with Gasteiger partial charge in [-0.15, -0.1) is 0 Å². The van der Waals surface area contributed by atoms with Crippen molar-refractivity contribution in [3.63, 3.8) is 0 Å². The number of rotatable bonds is 0. The van der Waals surface area contributed by atoms with Crippen LogP contribution in [0.4, 0.5) is 0 Å². The maximum Gasteiger partial charge on any atom is 0.332 e. The van der Waals surface area contributed by atoms with Crippen LogP contribution in [0.5, 0.6) is 0 Å². The predicted octanol–water partition coefficient (Wildman–Crippen LogP) is -1.74. The zero-order chi connectivity index (χ0) is 6.97. The second-order valence-electron chi connectivity index (χ2n) is 2.07. The van der Waals surface area contributed by atoms with E-state index in [4.69, 9.17) is 0 Å². The van der Waals surface area contributed by atoms with E-state index >= 15 is 0 Å². The molecule has 1 aromatic rings. The summed E-state index contributed by atoms with van der Waals surface area (Å²) in [5.41, 5.74) is 0.481. The molecule has 0 N–H and O–H groups in total. The van der Waals surface area contributed by atoms with Crippen molar-refractivity contribution in [1.82, 2.24) is 14.7 Å². The Morgan fingerprint density at radius 3 is 3.30 bits per heavy atom. The molecule has 0 atom stereocenters. The molecule has 0 spiro atoms. The molecule has 0 saturated heterocycles. The molecular formula is C6H5N3O. The molecule has 50 valence electrons. The Kier molecular flexibility index (Phi) is 0.943. The minimum absolute atomic E-state index is 0.397. The summed E-state index contributed by atoms with van der Waals surface area (Å²) in [7, 11) is 0. The Morgan fingerprint density at radius 1 is 1.60 bits per heavy atom. The van der Waals surface area contributed by atoms with Gasteiger partial charge in [-0.25, -0.2) is 4.98 Å². The van der Waals surface area contributed by atoms with Gasteiger partial charge >= 0.3 is 5.49 Å². The summed E-state index contributed by atoms with van der Waals surface area (Å²) in [5, 5.41) is 11.7. The Morgan fingerprint density at radius 2 is 2.50 bits per heavy atom. The lowest BCUT2D eigenvalue weighted by Crippen LogP contribution is -2.33.